The highest BCUT2D eigenvalue weighted by Gasteiger charge is 2.20. The average molecular weight is 401 g/mol. The summed E-state index contributed by atoms with van der Waals surface area (Å²) >= 11 is 2.93. The lowest BCUT2D eigenvalue weighted by molar-refractivity contribution is -0.115. The number of aromatic nitrogens is 2. The van der Waals surface area contributed by atoms with Gasteiger partial charge in [-0.2, -0.15) is 0 Å². The Balaban J connectivity index is 1.78. The maximum Gasteiger partial charge on any atom is 0.237 e. The number of nitrogens with zero attached hydrogens (tertiary/aromatic N) is 2. The number of para-hydroxylation sites is 1. The number of carbonyl (C=O) groups excluding carboxylic acids is 1. The number of thiophene rings is 1. The van der Waals surface area contributed by atoms with Crippen LogP contribution in [-0.2, 0) is 4.79 Å². The molecule has 1 aromatic carbocycles. The van der Waals surface area contributed by atoms with Crippen molar-refractivity contribution in [1.29, 1.82) is 0 Å². The number of hydrogen-bond acceptors (Lipinski definition) is 6. The Kier molecular flexibility index (Phi) is 5.72. The third-order valence-corrected chi connectivity index (χ3v) is 6.59. The van der Waals surface area contributed by atoms with Crippen LogP contribution in [-0.4, -0.2) is 21.1 Å². The monoisotopic (exact) mass is 400 g/mol. The van der Waals surface area contributed by atoms with E-state index in [4.69, 9.17) is 5.73 Å². The summed E-state index contributed by atoms with van der Waals surface area (Å²) < 4.78 is 0. The highest BCUT2D eigenvalue weighted by atomic mass is 32.2. The zero-order valence-corrected chi connectivity index (χ0v) is 17.8. The molecular formula is C20H24N4OS2. The van der Waals surface area contributed by atoms with Crippen molar-refractivity contribution in [2.24, 2.45) is 0 Å². The summed E-state index contributed by atoms with van der Waals surface area (Å²) in [5.74, 6) is 0.733. The third kappa shape index (κ3) is 4.09. The van der Waals surface area contributed by atoms with E-state index in [-0.39, 0.29) is 11.2 Å². The molecule has 1 amide bonds. The molecule has 2 aromatic heterocycles. The Morgan fingerprint density at radius 3 is 2.59 bits per heavy atom. The highest BCUT2D eigenvalue weighted by molar-refractivity contribution is 8.00. The summed E-state index contributed by atoms with van der Waals surface area (Å²) in [6.07, 6.45) is 0. The molecule has 0 radical (unpaired) electrons. The number of fused-ring (bicyclic) bond motifs is 1. The van der Waals surface area contributed by atoms with E-state index in [1.807, 2.05) is 38.1 Å². The second-order valence-corrected chi connectivity index (χ2v) is 9.36. The maximum atomic E-state index is 12.7. The van der Waals surface area contributed by atoms with Gasteiger partial charge in [0, 0.05) is 10.6 Å². The van der Waals surface area contributed by atoms with E-state index < -0.39 is 0 Å². The molecule has 0 spiro atoms. The van der Waals surface area contributed by atoms with Crippen LogP contribution in [0.1, 0.15) is 42.7 Å². The topological polar surface area (TPSA) is 80.9 Å². The number of rotatable bonds is 5. The number of carbonyl (C=O) groups is 1. The SMILES string of the molecule is Cc1sc2nc(SC(C)C(=O)Nc3ccccc3C(C)C)nc(N)c2c1C. The van der Waals surface area contributed by atoms with Crippen molar-refractivity contribution in [2.45, 2.75) is 50.9 Å². The Morgan fingerprint density at radius 1 is 1.19 bits per heavy atom. The van der Waals surface area contributed by atoms with Crippen LogP contribution in [0.4, 0.5) is 11.5 Å². The molecule has 0 saturated heterocycles. The number of thioether (sulfide) groups is 1. The molecule has 0 aliphatic carbocycles. The van der Waals surface area contributed by atoms with Crippen LogP contribution in [0.15, 0.2) is 29.4 Å². The van der Waals surface area contributed by atoms with Crippen molar-refractivity contribution in [3.05, 3.63) is 40.3 Å². The first-order valence-electron chi connectivity index (χ1n) is 8.87. The van der Waals surface area contributed by atoms with Crippen molar-refractivity contribution in [3.63, 3.8) is 0 Å². The van der Waals surface area contributed by atoms with Crippen LogP contribution in [0, 0.1) is 13.8 Å². The maximum absolute atomic E-state index is 12.7. The number of anilines is 2. The quantitative estimate of drug-likeness (QED) is 0.458. The largest absolute Gasteiger partial charge is 0.383 e. The lowest BCUT2D eigenvalue weighted by atomic mass is 10.0. The minimum atomic E-state index is -0.343. The van der Waals surface area contributed by atoms with Crippen molar-refractivity contribution in [3.8, 4) is 0 Å². The molecule has 5 nitrogen and oxygen atoms in total. The number of nitrogens with one attached hydrogen (secondary N) is 1. The van der Waals surface area contributed by atoms with E-state index in [1.54, 1.807) is 11.3 Å². The van der Waals surface area contributed by atoms with Crippen LogP contribution in [0.2, 0.25) is 0 Å². The van der Waals surface area contributed by atoms with Gasteiger partial charge in [-0.1, -0.05) is 43.8 Å². The lowest BCUT2D eigenvalue weighted by Crippen LogP contribution is -2.23. The van der Waals surface area contributed by atoms with E-state index in [0.29, 0.717) is 16.9 Å². The van der Waals surface area contributed by atoms with E-state index in [2.05, 4.69) is 36.1 Å². The molecule has 1 unspecified atom stereocenters. The van der Waals surface area contributed by atoms with Crippen molar-refractivity contribution >= 4 is 50.7 Å². The van der Waals surface area contributed by atoms with Crippen molar-refractivity contribution in [1.82, 2.24) is 9.97 Å². The summed E-state index contributed by atoms with van der Waals surface area (Å²) in [4.78, 5) is 23.7. The van der Waals surface area contributed by atoms with E-state index in [9.17, 15) is 4.79 Å². The predicted octanol–water partition coefficient (Wildman–Crippen LogP) is 5.13. The van der Waals surface area contributed by atoms with Crippen LogP contribution in [0.3, 0.4) is 0 Å². The fraction of sp³-hybridized carbons (Fsp3) is 0.350. The highest BCUT2D eigenvalue weighted by Crippen LogP contribution is 2.34. The van der Waals surface area contributed by atoms with Crippen molar-refractivity contribution in [2.75, 3.05) is 11.1 Å². The Morgan fingerprint density at radius 2 is 1.89 bits per heavy atom. The summed E-state index contributed by atoms with van der Waals surface area (Å²) in [6, 6.07) is 7.89. The molecule has 7 heteroatoms. The molecule has 27 heavy (non-hydrogen) atoms. The summed E-state index contributed by atoms with van der Waals surface area (Å²) in [5.41, 5.74) is 9.24. The smallest absolute Gasteiger partial charge is 0.237 e. The summed E-state index contributed by atoms with van der Waals surface area (Å²) in [6.45, 7) is 10.2. The van der Waals surface area contributed by atoms with Gasteiger partial charge in [0.15, 0.2) is 5.16 Å². The van der Waals surface area contributed by atoms with Crippen LogP contribution in [0.5, 0.6) is 0 Å². The normalized spacial score (nSPS) is 12.5. The fourth-order valence-corrected chi connectivity index (χ4v) is 4.75. The van der Waals surface area contributed by atoms with Gasteiger partial charge in [-0.25, -0.2) is 9.97 Å². The molecule has 0 bridgehead atoms. The second kappa shape index (κ2) is 7.86. The number of amides is 1. The predicted molar refractivity (Wildman–Crippen MR) is 116 cm³/mol. The van der Waals surface area contributed by atoms with Gasteiger partial charge in [0.2, 0.25) is 5.91 Å². The number of nitrogens with two attached hydrogens (primary N) is 1. The molecule has 0 aliphatic heterocycles. The molecule has 3 aromatic rings. The third-order valence-electron chi connectivity index (χ3n) is 4.53. The second-order valence-electron chi connectivity index (χ2n) is 6.85. The van der Waals surface area contributed by atoms with Gasteiger partial charge in [0.05, 0.1) is 10.6 Å². The van der Waals surface area contributed by atoms with E-state index in [1.165, 1.54) is 16.6 Å². The summed E-state index contributed by atoms with van der Waals surface area (Å²) in [7, 11) is 0. The Hall–Kier alpha value is -2.12. The number of benzene rings is 1. The Bertz CT molecular complexity index is 997. The molecule has 3 rings (SSSR count). The molecule has 1 atom stereocenters. The first kappa shape index (κ1) is 19.6. The Labute approximate surface area is 167 Å². The van der Waals surface area contributed by atoms with Gasteiger partial charge >= 0.3 is 0 Å². The van der Waals surface area contributed by atoms with Gasteiger partial charge in [0.25, 0.3) is 0 Å². The summed E-state index contributed by atoms with van der Waals surface area (Å²) in [5, 5.41) is 4.14. The molecule has 142 valence electrons. The zero-order valence-electron chi connectivity index (χ0n) is 16.2. The molecular weight excluding hydrogens is 376 g/mol. The molecule has 0 saturated carbocycles. The van der Waals surface area contributed by atoms with Gasteiger partial charge in [-0.3, -0.25) is 4.79 Å². The van der Waals surface area contributed by atoms with Crippen molar-refractivity contribution < 1.29 is 4.79 Å². The molecule has 2 heterocycles. The van der Waals surface area contributed by atoms with Gasteiger partial charge in [0.1, 0.15) is 10.6 Å². The van der Waals surface area contributed by atoms with E-state index >= 15 is 0 Å². The first-order chi connectivity index (χ1) is 12.8. The lowest BCUT2D eigenvalue weighted by Gasteiger charge is -2.16. The zero-order chi connectivity index (χ0) is 19.7. The van der Waals surface area contributed by atoms with Crippen LogP contribution >= 0.6 is 23.1 Å². The first-order valence-corrected chi connectivity index (χ1v) is 10.6. The minimum Gasteiger partial charge on any atom is -0.383 e. The minimum absolute atomic E-state index is 0.0751. The van der Waals surface area contributed by atoms with Gasteiger partial charge in [-0.15, -0.1) is 11.3 Å². The van der Waals surface area contributed by atoms with Gasteiger partial charge in [-0.05, 0) is 43.9 Å². The molecule has 0 fully saturated rings. The average Bonchev–Trinajstić information content (AvgIpc) is 2.89. The number of nitrogen functional groups attached to an aromatic ring is 1. The van der Waals surface area contributed by atoms with Crippen LogP contribution in [0.25, 0.3) is 10.2 Å². The molecule has 0 aliphatic rings. The fourth-order valence-electron chi connectivity index (χ4n) is 2.87. The van der Waals surface area contributed by atoms with E-state index in [0.717, 1.165) is 27.0 Å². The van der Waals surface area contributed by atoms with Gasteiger partial charge < -0.3 is 11.1 Å². The number of aryl methyl sites for hydroxylation is 2. The molecule has 3 N–H and O–H groups in total. The standard InChI is InChI=1S/C20H24N4OS2/c1-10(2)14-8-6-7-9-15(14)22-18(25)13(5)27-20-23-17(21)16-11(3)12(4)26-19(16)24-20/h6-10,13H,1-5H3,(H,22,25)(H2,21,23,24). The van der Waals surface area contributed by atoms with Crippen LogP contribution < -0.4 is 11.1 Å². The number of hydrogen-bond donors (Lipinski definition) is 2.